The number of nitrogens with zero attached hydrogens (tertiary/aromatic N) is 1. The van der Waals surface area contributed by atoms with Crippen molar-refractivity contribution in [2.75, 3.05) is 0 Å². The van der Waals surface area contributed by atoms with Gasteiger partial charge in [0.1, 0.15) is 0 Å². The summed E-state index contributed by atoms with van der Waals surface area (Å²) in [6.07, 6.45) is 1.65. The van der Waals surface area contributed by atoms with Crippen molar-refractivity contribution in [1.82, 2.24) is 0 Å². The summed E-state index contributed by atoms with van der Waals surface area (Å²) in [6.45, 7) is 0. The molecule has 0 amide bonds. The van der Waals surface area contributed by atoms with Gasteiger partial charge in [0.05, 0.1) is 12.0 Å². The lowest BCUT2D eigenvalue weighted by Gasteiger charge is -2.28. The Bertz CT molecular complexity index is 233. The fourth-order valence-electron chi connectivity index (χ4n) is 1.56. The Balaban J connectivity index is 2.64. The highest BCUT2D eigenvalue weighted by molar-refractivity contribution is 5.70. The van der Waals surface area contributed by atoms with Gasteiger partial charge in [-0.2, -0.15) is 5.26 Å². The Morgan fingerprint density at radius 2 is 2.33 bits per heavy atom. The van der Waals surface area contributed by atoms with Crippen molar-refractivity contribution in [2.24, 2.45) is 5.92 Å². The summed E-state index contributed by atoms with van der Waals surface area (Å²) in [5.41, 5.74) is -1.40. The van der Waals surface area contributed by atoms with Crippen LogP contribution < -0.4 is 0 Å². The molecule has 0 aromatic carbocycles. The smallest absolute Gasteiger partial charge is 0.306 e. The zero-order chi connectivity index (χ0) is 9.19. The van der Waals surface area contributed by atoms with Gasteiger partial charge in [0.2, 0.25) is 0 Å². The second-order valence-corrected chi connectivity index (χ2v) is 3.27. The van der Waals surface area contributed by atoms with E-state index in [0.29, 0.717) is 19.3 Å². The number of nitriles is 1. The Labute approximate surface area is 70.4 Å². The minimum Gasteiger partial charge on any atom is -0.481 e. The van der Waals surface area contributed by atoms with Crippen LogP contribution in [0.3, 0.4) is 0 Å². The molecule has 2 N–H and O–H groups in total. The minimum atomic E-state index is -1.40. The molecule has 12 heavy (non-hydrogen) atoms. The number of hydrogen-bond acceptors (Lipinski definition) is 3. The summed E-state index contributed by atoms with van der Waals surface area (Å²) in [4.78, 5) is 10.5. The van der Waals surface area contributed by atoms with Crippen LogP contribution in [-0.4, -0.2) is 21.8 Å². The molecule has 1 aliphatic rings. The van der Waals surface area contributed by atoms with Crippen LogP contribution in [0.5, 0.6) is 0 Å². The van der Waals surface area contributed by atoms with Gasteiger partial charge in [-0.1, -0.05) is 0 Å². The molecule has 66 valence electrons. The van der Waals surface area contributed by atoms with Gasteiger partial charge in [-0.25, -0.2) is 0 Å². The van der Waals surface area contributed by atoms with Gasteiger partial charge >= 0.3 is 5.97 Å². The number of hydrogen-bond donors (Lipinski definition) is 2. The normalized spacial score (nSPS) is 35.5. The molecule has 0 saturated heterocycles. The molecule has 1 rings (SSSR count). The maximum Gasteiger partial charge on any atom is 0.306 e. The molecule has 0 radical (unpaired) electrons. The fraction of sp³-hybridized carbons (Fsp3) is 0.750. The van der Waals surface area contributed by atoms with E-state index in [0.717, 1.165) is 0 Å². The van der Waals surface area contributed by atoms with Crippen LogP contribution in [-0.2, 0) is 4.79 Å². The second-order valence-electron chi connectivity index (χ2n) is 3.27. The number of aliphatic carboxylic acids is 1. The van der Waals surface area contributed by atoms with E-state index in [1.807, 2.05) is 0 Å². The van der Waals surface area contributed by atoms with Crippen molar-refractivity contribution >= 4 is 5.97 Å². The zero-order valence-corrected chi connectivity index (χ0v) is 6.66. The van der Waals surface area contributed by atoms with E-state index in [2.05, 4.69) is 0 Å². The molecule has 1 aliphatic carbocycles. The Hall–Kier alpha value is -1.08. The molecule has 4 nitrogen and oxygen atoms in total. The van der Waals surface area contributed by atoms with Crippen LogP contribution in [0.4, 0.5) is 0 Å². The number of carboxylic acids is 1. The molecule has 0 aliphatic heterocycles. The van der Waals surface area contributed by atoms with Crippen LogP contribution in [0.15, 0.2) is 0 Å². The lowest BCUT2D eigenvalue weighted by molar-refractivity contribution is -0.145. The largest absolute Gasteiger partial charge is 0.481 e. The summed E-state index contributed by atoms with van der Waals surface area (Å²) >= 11 is 0. The molecule has 0 heterocycles. The lowest BCUT2D eigenvalue weighted by atomic mass is 9.79. The maximum atomic E-state index is 10.5. The molecular formula is C8H11NO3. The average molecular weight is 169 g/mol. The highest BCUT2D eigenvalue weighted by atomic mass is 16.4. The number of carbonyl (C=O) groups is 1. The third kappa shape index (κ3) is 1.74. The third-order valence-electron chi connectivity index (χ3n) is 2.28. The predicted molar refractivity (Wildman–Crippen MR) is 40.2 cm³/mol. The summed E-state index contributed by atoms with van der Waals surface area (Å²) in [6, 6.07) is 1.76. The van der Waals surface area contributed by atoms with Crippen molar-refractivity contribution in [2.45, 2.75) is 31.3 Å². The summed E-state index contributed by atoms with van der Waals surface area (Å²) < 4.78 is 0. The molecule has 0 spiro atoms. The van der Waals surface area contributed by atoms with Crippen LogP contribution in [0.2, 0.25) is 0 Å². The Morgan fingerprint density at radius 3 is 2.83 bits per heavy atom. The van der Waals surface area contributed by atoms with Crippen molar-refractivity contribution in [3.63, 3.8) is 0 Å². The fourth-order valence-corrected chi connectivity index (χ4v) is 1.56. The first-order valence-electron chi connectivity index (χ1n) is 3.94. The molecule has 0 aromatic heterocycles. The van der Waals surface area contributed by atoms with E-state index in [1.165, 1.54) is 0 Å². The van der Waals surface area contributed by atoms with Gasteiger partial charge in [0, 0.05) is 6.42 Å². The monoisotopic (exact) mass is 169 g/mol. The SMILES string of the molecule is N#CC1(O)CCCC(C(=O)O)C1. The van der Waals surface area contributed by atoms with E-state index in [4.69, 9.17) is 10.4 Å². The Kier molecular flexibility index (Phi) is 2.34. The van der Waals surface area contributed by atoms with Gasteiger partial charge in [0.25, 0.3) is 0 Å². The number of rotatable bonds is 1. The maximum absolute atomic E-state index is 10.5. The Morgan fingerprint density at radius 1 is 1.67 bits per heavy atom. The average Bonchev–Trinajstić information content (AvgIpc) is 2.05. The van der Waals surface area contributed by atoms with Gasteiger partial charge in [-0.15, -0.1) is 0 Å². The van der Waals surface area contributed by atoms with Crippen LogP contribution in [0.1, 0.15) is 25.7 Å². The van der Waals surface area contributed by atoms with E-state index >= 15 is 0 Å². The first-order valence-corrected chi connectivity index (χ1v) is 3.94. The lowest BCUT2D eigenvalue weighted by Crippen LogP contribution is -2.36. The quantitative estimate of drug-likeness (QED) is 0.560. The molecule has 2 atom stereocenters. The molecule has 1 fully saturated rings. The third-order valence-corrected chi connectivity index (χ3v) is 2.28. The number of aliphatic hydroxyl groups is 1. The standard InChI is InChI=1S/C8H11NO3/c9-5-8(12)3-1-2-6(4-8)7(10)11/h6,12H,1-4H2,(H,10,11). The summed E-state index contributed by atoms with van der Waals surface area (Å²) in [5, 5.41) is 26.7. The highest BCUT2D eigenvalue weighted by Gasteiger charge is 2.37. The van der Waals surface area contributed by atoms with Gasteiger partial charge in [0.15, 0.2) is 5.60 Å². The van der Waals surface area contributed by atoms with Crippen molar-refractivity contribution < 1.29 is 15.0 Å². The molecule has 1 saturated carbocycles. The predicted octanol–water partition coefficient (Wildman–Crippen LogP) is 0.516. The number of carboxylic acid groups (broad SMARTS) is 1. The van der Waals surface area contributed by atoms with E-state index < -0.39 is 17.5 Å². The molecule has 4 heteroatoms. The molecule has 2 unspecified atom stereocenters. The van der Waals surface area contributed by atoms with Crippen molar-refractivity contribution in [3.8, 4) is 6.07 Å². The van der Waals surface area contributed by atoms with E-state index in [9.17, 15) is 9.90 Å². The van der Waals surface area contributed by atoms with Crippen LogP contribution in [0, 0.1) is 17.2 Å². The van der Waals surface area contributed by atoms with E-state index in [1.54, 1.807) is 6.07 Å². The van der Waals surface area contributed by atoms with Gasteiger partial charge in [-0.3, -0.25) is 4.79 Å². The van der Waals surface area contributed by atoms with Crippen LogP contribution in [0.25, 0.3) is 0 Å². The molecule has 0 bridgehead atoms. The first-order chi connectivity index (χ1) is 5.57. The first kappa shape index (κ1) is 9.01. The highest BCUT2D eigenvalue weighted by Crippen LogP contribution is 2.31. The second kappa shape index (κ2) is 3.11. The minimum absolute atomic E-state index is 0.0683. The van der Waals surface area contributed by atoms with Gasteiger partial charge < -0.3 is 10.2 Å². The van der Waals surface area contributed by atoms with Gasteiger partial charge in [-0.05, 0) is 19.3 Å². The van der Waals surface area contributed by atoms with E-state index in [-0.39, 0.29) is 6.42 Å². The molecular weight excluding hydrogens is 158 g/mol. The molecule has 0 aromatic rings. The topological polar surface area (TPSA) is 81.3 Å². The summed E-state index contributed by atoms with van der Waals surface area (Å²) in [7, 11) is 0. The van der Waals surface area contributed by atoms with Crippen LogP contribution >= 0.6 is 0 Å². The van der Waals surface area contributed by atoms with Crippen molar-refractivity contribution in [1.29, 1.82) is 5.26 Å². The summed E-state index contributed by atoms with van der Waals surface area (Å²) in [5.74, 6) is -1.47. The zero-order valence-electron chi connectivity index (χ0n) is 6.66. The van der Waals surface area contributed by atoms with Crippen molar-refractivity contribution in [3.05, 3.63) is 0 Å².